The Morgan fingerprint density at radius 3 is 2.70 bits per heavy atom. The second kappa shape index (κ2) is 8.18. The summed E-state index contributed by atoms with van der Waals surface area (Å²) < 4.78 is 11.0. The predicted molar refractivity (Wildman–Crippen MR) is 94.0 cm³/mol. The van der Waals surface area contributed by atoms with E-state index in [4.69, 9.17) is 9.47 Å². The summed E-state index contributed by atoms with van der Waals surface area (Å²) in [5.41, 5.74) is 1.32. The number of hydrogen-bond acceptors (Lipinski definition) is 4. The van der Waals surface area contributed by atoms with Gasteiger partial charge in [0.05, 0.1) is 0 Å². The summed E-state index contributed by atoms with van der Waals surface area (Å²) in [7, 11) is 0. The molecule has 4 heteroatoms. The fourth-order valence-electron chi connectivity index (χ4n) is 2.97. The zero-order chi connectivity index (χ0) is 15.9. The van der Waals surface area contributed by atoms with Gasteiger partial charge in [0.1, 0.15) is 12.0 Å². The fourth-order valence-corrected chi connectivity index (χ4v) is 3.63. The van der Waals surface area contributed by atoms with Gasteiger partial charge in [-0.05, 0) is 29.9 Å². The SMILES string of the molecule is CCC(NCc1cccs1)C(Cc1ccccc1)C1=COCO1. The third-order valence-electron chi connectivity index (χ3n) is 4.20. The summed E-state index contributed by atoms with van der Waals surface area (Å²) in [6, 6.07) is 15.2. The van der Waals surface area contributed by atoms with Crippen molar-refractivity contribution in [2.24, 2.45) is 5.92 Å². The summed E-state index contributed by atoms with van der Waals surface area (Å²) in [5, 5.41) is 5.82. The highest BCUT2D eigenvalue weighted by atomic mass is 32.1. The third kappa shape index (κ3) is 4.36. The third-order valence-corrected chi connectivity index (χ3v) is 5.08. The monoisotopic (exact) mass is 329 g/mol. The highest BCUT2D eigenvalue weighted by Crippen LogP contribution is 2.27. The standard InChI is InChI=1S/C19H23NO2S/c1-2-18(20-12-16-9-6-10-23-16)17(19-13-21-14-22-19)11-15-7-4-3-5-8-15/h3-10,13,17-18,20H,2,11-12,14H2,1H3. The van der Waals surface area contributed by atoms with Crippen molar-refractivity contribution in [3.63, 3.8) is 0 Å². The molecule has 0 saturated heterocycles. The minimum absolute atomic E-state index is 0.282. The molecule has 1 N–H and O–H groups in total. The molecule has 3 rings (SSSR count). The van der Waals surface area contributed by atoms with Gasteiger partial charge in [-0.1, -0.05) is 43.3 Å². The van der Waals surface area contributed by atoms with E-state index in [0.717, 1.165) is 25.1 Å². The summed E-state index contributed by atoms with van der Waals surface area (Å²) in [5.74, 6) is 1.24. The first kappa shape index (κ1) is 16.1. The zero-order valence-electron chi connectivity index (χ0n) is 13.4. The van der Waals surface area contributed by atoms with Gasteiger partial charge in [0.25, 0.3) is 0 Å². The van der Waals surface area contributed by atoms with E-state index < -0.39 is 0 Å². The van der Waals surface area contributed by atoms with Crippen LogP contribution in [0.2, 0.25) is 0 Å². The lowest BCUT2D eigenvalue weighted by Gasteiger charge is -2.27. The Morgan fingerprint density at radius 1 is 1.17 bits per heavy atom. The minimum Gasteiger partial charge on any atom is -0.462 e. The van der Waals surface area contributed by atoms with E-state index in [1.54, 1.807) is 17.6 Å². The minimum atomic E-state index is 0.282. The molecular weight excluding hydrogens is 306 g/mol. The molecular formula is C19H23NO2S. The van der Waals surface area contributed by atoms with Gasteiger partial charge < -0.3 is 14.8 Å². The Balaban J connectivity index is 1.72. The Morgan fingerprint density at radius 2 is 2.04 bits per heavy atom. The lowest BCUT2D eigenvalue weighted by Crippen LogP contribution is -2.37. The largest absolute Gasteiger partial charge is 0.462 e. The van der Waals surface area contributed by atoms with E-state index in [2.05, 4.69) is 60.1 Å². The molecule has 1 aliphatic rings. The molecule has 2 atom stereocenters. The van der Waals surface area contributed by atoms with Crippen LogP contribution in [0.5, 0.6) is 0 Å². The molecule has 2 unspecified atom stereocenters. The smallest absolute Gasteiger partial charge is 0.229 e. The van der Waals surface area contributed by atoms with Gasteiger partial charge in [0.2, 0.25) is 6.79 Å². The average molecular weight is 329 g/mol. The first-order valence-electron chi connectivity index (χ1n) is 8.11. The molecule has 0 bridgehead atoms. The zero-order valence-corrected chi connectivity index (χ0v) is 14.2. The first-order valence-corrected chi connectivity index (χ1v) is 8.99. The van der Waals surface area contributed by atoms with E-state index in [1.165, 1.54) is 10.4 Å². The average Bonchev–Trinajstić information content (AvgIpc) is 3.29. The second-order valence-electron chi connectivity index (χ2n) is 5.72. The van der Waals surface area contributed by atoms with Crippen LogP contribution in [0, 0.1) is 5.92 Å². The van der Waals surface area contributed by atoms with Gasteiger partial charge >= 0.3 is 0 Å². The normalized spacial score (nSPS) is 16.3. The molecule has 3 nitrogen and oxygen atoms in total. The summed E-state index contributed by atoms with van der Waals surface area (Å²) in [6.45, 7) is 3.46. The maximum Gasteiger partial charge on any atom is 0.229 e. The molecule has 0 amide bonds. The van der Waals surface area contributed by atoms with Crippen molar-refractivity contribution >= 4 is 11.3 Å². The highest BCUT2D eigenvalue weighted by molar-refractivity contribution is 7.09. The van der Waals surface area contributed by atoms with Gasteiger partial charge in [-0.3, -0.25) is 0 Å². The quantitative estimate of drug-likeness (QED) is 0.782. The number of thiophene rings is 1. The van der Waals surface area contributed by atoms with Gasteiger partial charge in [0, 0.05) is 23.4 Å². The van der Waals surface area contributed by atoms with E-state index in [9.17, 15) is 0 Å². The summed E-state index contributed by atoms with van der Waals surface area (Å²) >= 11 is 1.79. The van der Waals surface area contributed by atoms with E-state index in [-0.39, 0.29) is 5.92 Å². The van der Waals surface area contributed by atoms with Gasteiger partial charge in [-0.15, -0.1) is 11.3 Å². The predicted octanol–water partition coefficient (Wildman–Crippen LogP) is 4.32. The molecule has 0 aliphatic carbocycles. The second-order valence-corrected chi connectivity index (χ2v) is 6.75. The molecule has 0 saturated carbocycles. The van der Waals surface area contributed by atoms with Crippen LogP contribution in [0.4, 0.5) is 0 Å². The molecule has 0 fully saturated rings. The lowest BCUT2D eigenvalue weighted by atomic mass is 9.89. The van der Waals surface area contributed by atoms with Gasteiger partial charge in [-0.25, -0.2) is 0 Å². The molecule has 0 radical (unpaired) electrons. The Kier molecular flexibility index (Phi) is 5.72. The Hall–Kier alpha value is -1.78. The van der Waals surface area contributed by atoms with Crippen LogP contribution in [0.3, 0.4) is 0 Å². The van der Waals surface area contributed by atoms with Crippen LogP contribution < -0.4 is 5.32 Å². The van der Waals surface area contributed by atoms with Crippen LogP contribution >= 0.6 is 11.3 Å². The van der Waals surface area contributed by atoms with Crippen molar-refractivity contribution in [3.8, 4) is 0 Å². The van der Waals surface area contributed by atoms with Crippen LogP contribution in [0.25, 0.3) is 0 Å². The van der Waals surface area contributed by atoms with E-state index in [1.807, 2.05) is 0 Å². The molecule has 1 aromatic carbocycles. The first-order chi connectivity index (χ1) is 11.4. The number of nitrogens with one attached hydrogen (secondary N) is 1. The Labute approximate surface area is 141 Å². The maximum atomic E-state index is 5.71. The van der Waals surface area contributed by atoms with Crippen LogP contribution in [0.15, 0.2) is 59.9 Å². The van der Waals surface area contributed by atoms with Crippen molar-refractivity contribution in [2.75, 3.05) is 6.79 Å². The highest BCUT2D eigenvalue weighted by Gasteiger charge is 2.28. The molecule has 122 valence electrons. The number of benzene rings is 1. The molecule has 1 aliphatic heterocycles. The van der Waals surface area contributed by atoms with Crippen LogP contribution in [-0.4, -0.2) is 12.8 Å². The van der Waals surface area contributed by atoms with Gasteiger partial charge in [-0.2, -0.15) is 0 Å². The van der Waals surface area contributed by atoms with Crippen LogP contribution in [-0.2, 0) is 22.4 Å². The van der Waals surface area contributed by atoms with Crippen molar-refractivity contribution in [1.29, 1.82) is 0 Å². The van der Waals surface area contributed by atoms with E-state index >= 15 is 0 Å². The maximum absolute atomic E-state index is 5.71. The lowest BCUT2D eigenvalue weighted by molar-refractivity contribution is 0.0665. The molecule has 23 heavy (non-hydrogen) atoms. The summed E-state index contributed by atoms with van der Waals surface area (Å²) in [4.78, 5) is 1.36. The molecule has 0 spiro atoms. The van der Waals surface area contributed by atoms with Crippen molar-refractivity contribution in [2.45, 2.75) is 32.4 Å². The van der Waals surface area contributed by atoms with Crippen LogP contribution in [0.1, 0.15) is 23.8 Å². The number of ether oxygens (including phenoxy) is 2. The summed E-state index contributed by atoms with van der Waals surface area (Å²) in [6.07, 6.45) is 3.78. The van der Waals surface area contributed by atoms with Crippen molar-refractivity contribution in [3.05, 3.63) is 70.3 Å². The van der Waals surface area contributed by atoms with Crippen molar-refractivity contribution in [1.82, 2.24) is 5.32 Å². The molecule has 2 heterocycles. The topological polar surface area (TPSA) is 30.5 Å². The fraction of sp³-hybridized carbons (Fsp3) is 0.368. The van der Waals surface area contributed by atoms with E-state index in [0.29, 0.717) is 12.8 Å². The van der Waals surface area contributed by atoms with Crippen molar-refractivity contribution < 1.29 is 9.47 Å². The molecule has 2 aromatic rings. The number of hydrogen-bond donors (Lipinski definition) is 1. The Bertz CT molecular complexity index is 610. The molecule has 1 aromatic heterocycles. The number of rotatable bonds is 8. The van der Waals surface area contributed by atoms with Gasteiger partial charge in [0.15, 0.2) is 0 Å².